The number of carbonyl (C=O) groups is 2. The largest absolute Gasteiger partial charge is 0.271 e. The molecule has 2 aromatic rings. The zero-order valence-corrected chi connectivity index (χ0v) is 14.2. The fraction of sp³-hybridized carbons (Fsp3) is 0.263. The SMILES string of the molecule is CCc1ccc(N2C(=O)[C@H]3N=NN(Cc4ccccc4F)[C@H]3C2=O)cc1. The molecular formula is C19H17FN4O2. The standard InChI is InChI=1S/C19H17FN4O2/c1-2-12-7-9-14(10-8-12)24-18(25)16-17(19(24)26)23(22-21-16)11-13-5-3-4-6-15(13)20/h3-10,16-17H,2,11H2,1H3/t16-,17+/m0/s1. The van der Waals surface area contributed by atoms with Gasteiger partial charge in [-0.15, -0.1) is 0 Å². The maximum atomic E-state index is 13.9. The number of fused-ring (bicyclic) bond motifs is 1. The second-order valence-corrected chi connectivity index (χ2v) is 6.32. The van der Waals surface area contributed by atoms with Gasteiger partial charge in [0, 0.05) is 5.56 Å². The van der Waals surface area contributed by atoms with Gasteiger partial charge in [-0.3, -0.25) is 14.6 Å². The van der Waals surface area contributed by atoms with Crippen LogP contribution in [0.25, 0.3) is 0 Å². The van der Waals surface area contributed by atoms with E-state index in [0.29, 0.717) is 11.3 Å². The smallest absolute Gasteiger partial charge is 0.263 e. The third kappa shape index (κ3) is 2.56. The molecule has 2 aromatic carbocycles. The molecule has 1 fully saturated rings. The Hall–Kier alpha value is -3.09. The molecule has 2 heterocycles. The summed E-state index contributed by atoms with van der Waals surface area (Å²) in [7, 11) is 0. The second-order valence-electron chi connectivity index (χ2n) is 6.32. The Morgan fingerprint density at radius 1 is 1.04 bits per heavy atom. The van der Waals surface area contributed by atoms with Gasteiger partial charge in [0.2, 0.25) is 0 Å². The lowest BCUT2D eigenvalue weighted by molar-refractivity contribution is -0.123. The molecule has 0 spiro atoms. The van der Waals surface area contributed by atoms with Gasteiger partial charge in [0.25, 0.3) is 11.8 Å². The van der Waals surface area contributed by atoms with E-state index < -0.39 is 18.0 Å². The Morgan fingerprint density at radius 2 is 1.77 bits per heavy atom. The summed E-state index contributed by atoms with van der Waals surface area (Å²) in [6, 6.07) is 11.9. The molecule has 0 radical (unpaired) electrons. The Labute approximate surface area is 149 Å². The highest BCUT2D eigenvalue weighted by atomic mass is 19.1. The molecular weight excluding hydrogens is 335 g/mol. The van der Waals surface area contributed by atoms with E-state index in [0.717, 1.165) is 16.9 Å². The van der Waals surface area contributed by atoms with Crippen LogP contribution in [-0.2, 0) is 22.6 Å². The third-order valence-electron chi connectivity index (χ3n) is 4.75. The average Bonchev–Trinajstić information content (AvgIpc) is 3.17. The van der Waals surface area contributed by atoms with Gasteiger partial charge in [-0.25, -0.2) is 9.29 Å². The van der Waals surface area contributed by atoms with Gasteiger partial charge in [0.1, 0.15) is 5.82 Å². The molecule has 2 atom stereocenters. The maximum absolute atomic E-state index is 13.9. The van der Waals surface area contributed by atoms with Crippen LogP contribution < -0.4 is 4.90 Å². The van der Waals surface area contributed by atoms with E-state index in [2.05, 4.69) is 10.3 Å². The van der Waals surface area contributed by atoms with Crippen LogP contribution in [0.15, 0.2) is 58.9 Å². The fourth-order valence-corrected chi connectivity index (χ4v) is 3.29. The predicted octanol–water partition coefficient (Wildman–Crippen LogP) is 2.88. The van der Waals surface area contributed by atoms with Crippen LogP contribution in [-0.4, -0.2) is 28.9 Å². The average molecular weight is 352 g/mol. The third-order valence-corrected chi connectivity index (χ3v) is 4.75. The van der Waals surface area contributed by atoms with Gasteiger partial charge in [-0.2, -0.15) is 5.11 Å². The summed E-state index contributed by atoms with van der Waals surface area (Å²) < 4.78 is 13.9. The monoisotopic (exact) mass is 352 g/mol. The van der Waals surface area contributed by atoms with Gasteiger partial charge < -0.3 is 0 Å². The molecule has 26 heavy (non-hydrogen) atoms. The molecule has 0 unspecified atom stereocenters. The number of halogens is 1. The van der Waals surface area contributed by atoms with E-state index in [1.807, 2.05) is 19.1 Å². The van der Waals surface area contributed by atoms with Crippen molar-refractivity contribution in [2.75, 3.05) is 4.90 Å². The van der Waals surface area contributed by atoms with Gasteiger partial charge in [-0.1, -0.05) is 42.5 Å². The molecule has 7 heteroatoms. The number of amides is 2. The van der Waals surface area contributed by atoms with E-state index in [4.69, 9.17) is 0 Å². The summed E-state index contributed by atoms with van der Waals surface area (Å²) >= 11 is 0. The quantitative estimate of drug-likeness (QED) is 0.795. The van der Waals surface area contributed by atoms with Crippen LogP contribution in [0.4, 0.5) is 10.1 Å². The Bertz CT molecular complexity index is 897. The van der Waals surface area contributed by atoms with Crippen molar-refractivity contribution in [1.29, 1.82) is 0 Å². The predicted molar refractivity (Wildman–Crippen MR) is 92.7 cm³/mol. The number of benzene rings is 2. The minimum absolute atomic E-state index is 0.0823. The van der Waals surface area contributed by atoms with Gasteiger partial charge >= 0.3 is 0 Å². The van der Waals surface area contributed by atoms with E-state index in [1.165, 1.54) is 11.1 Å². The lowest BCUT2D eigenvalue weighted by Crippen LogP contribution is -2.39. The highest BCUT2D eigenvalue weighted by Crippen LogP contribution is 2.33. The summed E-state index contributed by atoms with van der Waals surface area (Å²) in [4.78, 5) is 26.7. The first-order chi connectivity index (χ1) is 12.6. The van der Waals surface area contributed by atoms with Crippen molar-refractivity contribution in [3.05, 3.63) is 65.5 Å². The summed E-state index contributed by atoms with van der Waals surface area (Å²) in [5.41, 5.74) is 2.04. The lowest BCUT2D eigenvalue weighted by Gasteiger charge is -2.21. The molecule has 0 aliphatic carbocycles. The van der Waals surface area contributed by atoms with Crippen molar-refractivity contribution in [2.24, 2.45) is 10.3 Å². The fourth-order valence-electron chi connectivity index (χ4n) is 3.29. The van der Waals surface area contributed by atoms with E-state index in [-0.39, 0.29) is 18.3 Å². The second kappa shape index (κ2) is 6.33. The molecule has 6 nitrogen and oxygen atoms in total. The van der Waals surface area contributed by atoms with Crippen LogP contribution in [0.5, 0.6) is 0 Å². The first kappa shape index (κ1) is 16.4. The minimum Gasteiger partial charge on any atom is -0.271 e. The summed E-state index contributed by atoms with van der Waals surface area (Å²) in [5.74, 6) is -1.16. The van der Waals surface area contributed by atoms with Crippen LogP contribution in [0, 0.1) is 5.82 Å². The van der Waals surface area contributed by atoms with Crippen molar-refractivity contribution < 1.29 is 14.0 Å². The summed E-state index contributed by atoms with van der Waals surface area (Å²) in [6.45, 7) is 2.12. The topological polar surface area (TPSA) is 65.3 Å². The maximum Gasteiger partial charge on any atom is 0.263 e. The first-order valence-electron chi connectivity index (χ1n) is 8.47. The van der Waals surface area contributed by atoms with Crippen LogP contribution >= 0.6 is 0 Å². The minimum atomic E-state index is -0.875. The molecule has 1 saturated heterocycles. The normalized spacial score (nSPS) is 21.6. The van der Waals surface area contributed by atoms with Crippen molar-refractivity contribution in [2.45, 2.75) is 32.0 Å². The van der Waals surface area contributed by atoms with E-state index in [9.17, 15) is 14.0 Å². The summed E-state index contributed by atoms with van der Waals surface area (Å²) in [6.07, 6.45) is 0.873. The molecule has 2 amide bonds. The number of hydrogen-bond donors (Lipinski definition) is 0. The first-order valence-corrected chi connectivity index (χ1v) is 8.47. The summed E-state index contributed by atoms with van der Waals surface area (Å²) in [5, 5.41) is 9.29. The van der Waals surface area contributed by atoms with Crippen molar-refractivity contribution in [1.82, 2.24) is 5.01 Å². The molecule has 2 aliphatic rings. The van der Waals surface area contributed by atoms with Crippen LogP contribution in [0.1, 0.15) is 18.1 Å². The number of anilines is 1. The van der Waals surface area contributed by atoms with Crippen LogP contribution in [0.2, 0.25) is 0 Å². The van der Waals surface area contributed by atoms with Gasteiger partial charge in [-0.05, 0) is 30.2 Å². The molecule has 0 bridgehead atoms. The van der Waals surface area contributed by atoms with Crippen molar-refractivity contribution in [3.8, 4) is 0 Å². The Balaban J connectivity index is 1.60. The number of nitrogens with zero attached hydrogens (tertiary/aromatic N) is 4. The highest BCUT2D eigenvalue weighted by molar-refractivity contribution is 6.25. The molecule has 0 aromatic heterocycles. The molecule has 0 N–H and O–H groups in total. The number of aryl methyl sites for hydroxylation is 1. The van der Waals surface area contributed by atoms with Crippen molar-refractivity contribution >= 4 is 17.5 Å². The molecule has 2 aliphatic heterocycles. The Kier molecular flexibility index (Phi) is 3.99. The van der Waals surface area contributed by atoms with Gasteiger partial charge in [0.15, 0.2) is 12.1 Å². The molecule has 0 saturated carbocycles. The van der Waals surface area contributed by atoms with E-state index in [1.54, 1.807) is 30.3 Å². The highest BCUT2D eigenvalue weighted by Gasteiger charge is 2.54. The number of imide groups is 1. The molecule has 4 rings (SSSR count). The van der Waals surface area contributed by atoms with E-state index >= 15 is 0 Å². The lowest BCUT2D eigenvalue weighted by atomic mass is 10.1. The number of rotatable bonds is 4. The van der Waals surface area contributed by atoms with Crippen molar-refractivity contribution in [3.63, 3.8) is 0 Å². The van der Waals surface area contributed by atoms with Crippen LogP contribution in [0.3, 0.4) is 0 Å². The Morgan fingerprint density at radius 3 is 2.46 bits per heavy atom. The molecule has 132 valence electrons. The number of hydrogen-bond acceptors (Lipinski definition) is 5. The zero-order valence-electron chi connectivity index (χ0n) is 14.2. The number of carbonyl (C=O) groups excluding carboxylic acids is 2. The zero-order chi connectivity index (χ0) is 18.3. The van der Waals surface area contributed by atoms with Gasteiger partial charge in [0.05, 0.1) is 12.2 Å².